The zero-order valence-electron chi connectivity index (χ0n) is 18.0. The van der Waals surface area contributed by atoms with Gasteiger partial charge in [-0.3, -0.25) is 24.5 Å². The Hall–Kier alpha value is -1.97. The van der Waals surface area contributed by atoms with Gasteiger partial charge in [0.15, 0.2) is 0 Å². The van der Waals surface area contributed by atoms with Crippen LogP contribution in [0.1, 0.15) is 44.6 Å². The van der Waals surface area contributed by atoms with Crippen molar-refractivity contribution in [3.63, 3.8) is 0 Å². The highest BCUT2D eigenvalue weighted by Crippen LogP contribution is 2.23. The van der Waals surface area contributed by atoms with Crippen LogP contribution in [0.5, 0.6) is 0 Å². The highest BCUT2D eigenvalue weighted by Gasteiger charge is 2.29. The number of piperazine rings is 1. The molecular formula is C21H35N7O2. The number of nitrogens with one attached hydrogen (secondary N) is 1. The lowest BCUT2D eigenvalue weighted by Crippen LogP contribution is -2.49. The molecule has 1 aliphatic carbocycles. The van der Waals surface area contributed by atoms with Crippen LogP contribution < -0.4 is 16.0 Å². The van der Waals surface area contributed by atoms with Gasteiger partial charge >= 0.3 is 0 Å². The summed E-state index contributed by atoms with van der Waals surface area (Å²) in [6, 6.07) is 0.703. The van der Waals surface area contributed by atoms with Crippen LogP contribution in [0.3, 0.4) is 0 Å². The molecule has 4 rings (SSSR count). The summed E-state index contributed by atoms with van der Waals surface area (Å²) in [4.78, 5) is 30.8. The molecule has 0 aromatic carbocycles. The van der Waals surface area contributed by atoms with Crippen molar-refractivity contribution in [3.05, 3.63) is 12.4 Å². The molecular weight excluding hydrogens is 382 g/mol. The van der Waals surface area contributed by atoms with Crippen molar-refractivity contribution < 1.29 is 9.59 Å². The Morgan fingerprint density at radius 3 is 2.57 bits per heavy atom. The third-order valence-electron chi connectivity index (χ3n) is 6.99. The molecule has 0 spiro atoms. The standard InChI is InChI=1S/C21H35N7O2/c1-25(17-4-2-16(22)3-5-17)8-9-26-10-12-27(13-11-26)18-14-23-28(15-18)19-6-7-20(29)24-21(19)30/h14-17,19H,2-13,22H2,1H3,(H,24,29,30). The third-order valence-corrected chi connectivity index (χ3v) is 6.99. The summed E-state index contributed by atoms with van der Waals surface area (Å²) < 4.78 is 1.70. The molecule has 1 aromatic rings. The zero-order valence-corrected chi connectivity index (χ0v) is 18.0. The second kappa shape index (κ2) is 9.45. The van der Waals surface area contributed by atoms with Crippen LogP contribution in [-0.2, 0) is 9.59 Å². The number of hydrogen-bond donors (Lipinski definition) is 2. The molecule has 30 heavy (non-hydrogen) atoms. The first-order chi connectivity index (χ1) is 14.5. The van der Waals surface area contributed by atoms with Gasteiger partial charge in [0.25, 0.3) is 5.91 Å². The minimum atomic E-state index is -0.386. The third kappa shape index (κ3) is 5.01. The van der Waals surface area contributed by atoms with Gasteiger partial charge in [-0.2, -0.15) is 5.10 Å². The van der Waals surface area contributed by atoms with E-state index in [1.807, 2.05) is 12.4 Å². The summed E-state index contributed by atoms with van der Waals surface area (Å²) in [7, 11) is 2.25. The Balaban J connectivity index is 1.22. The van der Waals surface area contributed by atoms with Gasteiger partial charge in [0.1, 0.15) is 6.04 Å². The highest BCUT2D eigenvalue weighted by atomic mass is 16.2. The van der Waals surface area contributed by atoms with Crippen molar-refractivity contribution in [2.45, 2.75) is 56.7 Å². The number of nitrogens with two attached hydrogens (primary N) is 1. The molecule has 1 atom stereocenters. The van der Waals surface area contributed by atoms with E-state index in [2.05, 4.69) is 32.2 Å². The molecule has 9 heteroatoms. The summed E-state index contributed by atoms with van der Waals surface area (Å²) >= 11 is 0. The Morgan fingerprint density at radius 1 is 1.13 bits per heavy atom. The molecule has 166 valence electrons. The molecule has 1 aromatic heterocycles. The number of nitrogens with zero attached hydrogens (tertiary/aromatic N) is 5. The Bertz CT molecular complexity index is 735. The number of anilines is 1. The number of rotatable bonds is 6. The van der Waals surface area contributed by atoms with Gasteiger partial charge in [0, 0.05) is 64.0 Å². The summed E-state index contributed by atoms with van der Waals surface area (Å²) in [5, 5.41) is 6.80. The summed E-state index contributed by atoms with van der Waals surface area (Å²) in [6.45, 7) is 6.20. The van der Waals surface area contributed by atoms with E-state index in [0.717, 1.165) is 57.8 Å². The monoisotopic (exact) mass is 417 g/mol. The minimum Gasteiger partial charge on any atom is -0.366 e. The Kier molecular flexibility index (Phi) is 6.70. The number of carbonyl (C=O) groups is 2. The van der Waals surface area contributed by atoms with Crippen LogP contribution in [0.15, 0.2) is 12.4 Å². The number of hydrogen-bond acceptors (Lipinski definition) is 7. The van der Waals surface area contributed by atoms with E-state index in [-0.39, 0.29) is 17.9 Å². The predicted molar refractivity (Wildman–Crippen MR) is 115 cm³/mol. The fourth-order valence-corrected chi connectivity index (χ4v) is 4.85. The number of imide groups is 1. The maximum absolute atomic E-state index is 12.1. The lowest BCUT2D eigenvalue weighted by molar-refractivity contribution is -0.135. The van der Waals surface area contributed by atoms with Crippen molar-refractivity contribution in [1.29, 1.82) is 0 Å². The fraction of sp³-hybridized carbons (Fsp3) is 0.762. The van der Waals surface area contributed by atoms with Crippen molar-refractivity contribution in [3.8, 4) is 0 Å². The van der Waals surface area contributed by atoms with Gasteiger partial charge in [0.05, 0.1) is 11.9 Å². The normalized spacial score (nSPS) is 28.8. The Labute approximate surface area is 178 Å². The maximum Gasteiger partial charge on any atom is 0.251 e. The van der Waals surface area contributed by atoms with Gasteiger partial charge in [0.2, 0.25) is 5.91 Å². The first-order valence-corrected chi connectivity index (χ1v) is 11.3. The van der Waals surface area contributed by atoms with E-state index < -0.39 is 0 Å². The van der Waals surface area contributed by atoms with E-state index in [4.69, 9.17) is 5.73 Å². The van der Waals surface area contributed by atoms with Crippen molar-refractivity contribution >= 4 is 17.5 Å². The van der Waals surface area contributed by atoms with Gasteiger partial charge in [-0.25, -0.2) is 0 Å². The SMILES string of the molecule is CN(CCN1CCN(c2cnn(C3CCC(=O)NC3=O)c2)CC1)C1CCC(N)CC1. The molecule has 2 aliphatic heterocycles. The number of piperidine rings is 1. The van der Waals surface area contributed by atoms with E-state index in [1.54, 1.807) is 4.68 Å². The topological polar surface area (TPSA) is 99.7 Å². The molecule has 3 fully saturated rings. The van der Waals surface area contributed by atoms with Crippen LogP contribution in [0, 0.1) is 0 Å². The molecule has 1 saturated carbocycles. The lowest BCUT2D eigenvalue weighted by atomic mass is 9.91. The van der Waals surface area contributed by atoms with Crippen LogP contribution in [0.4, 0.5) is 5.69 Å². The number of aromatic nitrogens is 2. The largest absolute Gasteiger partial charge is 0.366 e. The summed E-state index contributed by atoms with van der Waals surface area (Å²) in [6.07, 6.45) is 9.41. The van der Waals surface area contributed by atoms with Crippen LogP contribution >= 0.6 is 0 Å². The lowest BCUT2D eigenvalue weighted by Gasteiger charge is -2.38. The number of carbonyl (C=O) groups excluding carboxylic acids is 2. The molecule has 3 N–H and O–H groups in total. The quantitative estimate of drug-likeness (QED) is 0.637. The predicted octanol–water partition coefficient (Wildman–Crippen LogP) is 0.185. The van der Waals surface area contributed by atoms with Crippen LogP contribution in [0.2, 0.25) is 0 Å². The van der Waals surface area contributed by atoms with Crippen molar-refractivity contribution in [2.24, 2.45) is 5.73 Å². The van der Waals surface area contributed by atoms with E-state index >= 15 is 0 Å². The smallest absolute Gasteiger partial charge is 0.251 e. The maximum atomic E-state index is 12.1. The molecule has 3 aliphatic rings. The second-order valence-electron chi connectivity index (χ2n) is 9.02. The van der Waals surface area contributed by atoms with Crippen LogP contribution in [0.25, 0.3) is 0 Å². The molecule has 2 amide bonds. The Morgan fingerprint density at radius 2 is 1.87 bits per heavy atom. The van der Waals surface area contributed by atoms with Crippen molar-refractivity contribution in [2.75, 3.05) is 51.2 Å². The summed E-state index contributed by atoms with van der Waals surface area (Å²) in [5.74, 6) is -0.452. The average molecular weight is 418 g/mol. The van der Waals surface area contributed by atoms with E-state index in [0.29, 0.717) is 24.9 Å². The van der Waals surface area contributed by atoms with Crippen molar-refractivity contribution in [1.82, 2.24) is 24.9 Å². The second-order valence-corrected chi connectivity index (χ2v) is 9.02. The highest BCUT2D eigenvalue weighted by molar-refractivity contribution is 5.99. The van der Waals surface area contributed by atoms with Gasteiger partial charge in [-0.1, -0.05) is 0 Å². The van der Waals surface area contributed by atoms with Crippen LogP contribution in [-0.4, -0.2) is 89.8 Å². The molecule has 1 unspecified atom stereocenters. The zero-order chi connectivity index (χ0) is 21.1. The number of likely N-dealkylation sites (N-methyl/N-ethyl adjacent to an activating group) is 1. The molecule has 0 bridgehead atoms. The van der Waals surface area contributed by atoms with E-state index in [9.17, 15) is 9.59 Å². The molecule has 0 radical (unpaired) electrons. The van der Waals surface area contributed by atoms with Gasteiger partial charge < -0.3 is 15.5 Å². The number of amides is 2. The fourth-order valence-electron chi connectivity index (χ4n) is 4.85. The van der Waals surface area contributed by atoms with Gasteiger partial charge in [-0.05, 0) is 39.2 Å². The molecule has 3 heterocycles. The van der Waals surface area contributed by atoms with E-state index in [1.165, 1.54) is 12.8 Å². The minimum absolute atomic E-state index is 0.197. The average Bonchev–Trinajstić information content (AvgIpc) is 3.23. The molecule has 2 saturated heterocycles. The first-order valence-electron chi connectivity index (χ1n) is 11.3. The molecule has 9 nitrogen and oxygen atoms in total. The first kappa shape index (κ1) is 21.3. The summed E-state index contributed by atoms with van der Waals surface area (Å²) in [5.41, 5.74) is 7.09. The van der Waals surface area contributed by atoms with Gasteiger partial charge in [-0.15, -0.1) is 0 Å².